The van der Waals surface area contributed by atoms with Gasteiger partial charge in [-0.3, -0.25) is 24.8 Å². The summed E-state index contributed by atoms with van der Waals surface area (Å²) in [4.78, 5) is 31.4. The molecule has 2 amide bonds. The van der Waals surface area contributed by atoms with Crippen LogP contribution >= 0.6 is 23.8 Å². The van der Waals surface area contributed by atoms with E-state index >= 15 is 0 Å². The van der Waals surface area contributed by atoms with Gasteiger partial charge in [0.05, 0.1) is 17.6 Å². The van der Waals surface area contributed by atoms with Crippen molar-refractivity contribution < 1.29 is 9.59 Å². The molecular formula is C23H19ClN4O2S. The molecule has 31 heavy (non-hydrogen) atoms. The molecule has 1 aliphatic rings. The van der Waals surface area contributed by atoms with Gasteiger partial charge in [0.15, 0.2) is 5.11 Å². The molecule has 1 aromatic carbocycles. The first kappa shape index (κ1) is 21.0. The van der Waals surface area contributed by atoms with Gasteiger partial charge >= 0.3 is 0 Å². The van der Waals surface area contributed by atoms with Crippen LogP contribution in [0.25, 0.3) is 11.8 Å². The van der Waals surface area contributed by atoms with Crippen LogP contribution in [0.4, 0.5) is 5.69 Å². The second-order valence-corrected chi connectivity index (χ2v) is 8.06. The van der Waals surface area contributed by atoms with E-state index in [1.54, 1.807) is 36.7 Å². The van der Waals surface area contributed by atoms with Crippen molar-refractivity contribution in [2.45, 2.75) is 20.8 Å². The van der Waals surface area contributed by atoms with Gasteiger partial charge in [0, 0.05) is 22.6 Å². The number of hydrogen-bond acceptors (Lipinski definition) is 4. The van der Waals surface area contributed by atoms with E-state index in [9.17, 15) is 9.59 Å². The average molecular weight is 451 g/mol. The first-order chi connectivity index (χ1) is 14.8. The van der Waals surface area contributed by atoms with E-state index in [-0.39, 0.29) is 10.7 Å². The molecule has 0 saturated carbocycles. The number of anilines is 1. The molecule has 1 saturated heterocycles. The van der Waals surface area contributed by atoms with Crippen LogP contribution < -0.4 is 10.2 Å². The Labute approximate surface area is 190 Å². The molecule has 0 atom stereocenters. The summed E-state index contributed by atoms with van der Waals surface area (Å²) in [5.74, 6) is -1.03. The van der Waals surface area contributed by atoms with E-state index in [0.717, 1.165) is 28.2 Å². The quantitative estimate of drug-likeness (QED) is 0.367. The van der Waals surface area contributed by atoms with Gasteiger partial charge in [0.2, 0.25) is 0 Å². The standard InChI is InChI=1S/C23H19ClN4O2S/c1-13-6-7-17(11-20(13)24)28-22(30)19(21(29)26-23(28)31)10-16-9-14(2)27(15(16)3)18-5-4-8-25-12-18/h4-12H,1-3H3,(H,26,29,31)/b19-10+. The maximum atomic E-state index is 13.3. The first-order valence-electron chi connectivity index (χ1n) is 9.55. The molecule has 0 spiro atoms. The summed E-state index contributed by atoms with van der Waals surface area (Å²) in [6.45, 7) is 5.76. The third-order valence-electron chi connectivity index (χ3n) is 5.19. The predicted molar refractivity (Wildman–Crippen MR) is 125 cm³/mol. The van der Waals surface area contributed by atoms with Gasteiger partial charge in [0.1, 0.15) is 5.57 Å². The number of amides is 2. The van der Waals surface area contributed by atoms with Crippen LogP contribution in [0, 0.1) is 20.8 Å². The minimum atomic E-state index is -0.532. The lowest BCUT2D eigenvalue weighted by atomic mass is 10.1. The van der Waals surface area contributed by atoms with Crippen LogP contribution in [-0.4, -0.2) is 26.5 Å². The number of benzene rings is 1. The Morgan fingerprint density at radius 1 is 1.10 bits per heavy atom. The van der Waals surface area contributed by atoms with Gasteiger partial charge in [-0.05, 0) is 80.5 Å². The van der Waals surface area contributed by atoms with Gasteiger partial charge in [-0.25, -0.2) is 0 Å². The van der Waals surface area contributed by atoms with E-state index in [1.807, 2.05) is 43.5 Å². The fraction of sp³-hybridized carbons (Fsp3) is 0.130. The lowest BCUT2D eigenvalue weighted by Gasteiger charge is -2.29. The van der Waals surface area contributed by atoms with Gasteiger partial charge < -0.3 is 4.57 Å². The van der Waals surface area contributed by atoms with Crippen molar-refractivity contribution in [2.24, 2.45) is 0 Å². The lowest BCUT2D eigenvalue weighted by molar-refractivity contribution is -0.122. The number of carbonyl (C=O) groups is 2. The molecule has 1 aliphatic heterocycles. The van der Waals surface area contributed by atoms with Crippen molar-refractivity contribution >= 4 is 52.5 Å². The number of carbonyl (C=O) groups excluding carboxylic acids is 2. The van der Waals surface area contributed by atoms with Crippen molar-refractivity contribution in [3.63, 3.8) is 0 Å². The number of aromatic nitrogens is 2. The molecule has 0 aliphatic carbocycles. The Kier molecular flexibility index (Phi) is 5.47. The molecule has 1 fully saturated rings. The van der Waals surface area contributed by atoms with Crippen molar-refractivity contribution in [2.75, 3.05) is 4.90 Å². The van der Waals surface area contributed by atoms with Crippen LogP contribution in [0.2, 0.25) is 5.02 Å². The first-order valence-corrected chi connectivity index (χ1v) is 10.3. The van der Waals surface area contributed by atoms with Crippen LogP contribution in [0.3, 0.4) is 0 Å². The Morgan fingerprint density at radius 2 is 1.87 bits per heavy atom. The van der Waals surface area contributed by atoms with Crippen molar-refractivity contribution in [1.82, 2.24) is 14.9 Å². The Balaban J connectivity index is 1.77. The number of nitrogens with one attached hydrogen (secondary N) is 1. The van der Waals surface area contributed by atoms with E-state index in [0.29, 0.717) is 10.7 Å². The summed E-state index contributed by atoms with van der Waals surface area (Å²) >= 11 is 11.5. The molecule has 3 aromatic rings. The van der Waals surface area contributed by atoms with Gasteiger partial charge in [-0.2, -0.15) is 0 Å². The number of pyridine rings is 1. The largest absolute Gasteiger partial charge is 0.316 e. The molecule has 6 nitrogen and oxygen atoms in total. The maximum Gasteiger partial charge on any atom is 0.270 e. The van der Waals surface area contributed by atoms with Crippen molar-refractivity contribution in [3.8, 4) is 5.69 Å². The molecule has 0 unspecified atom stereocenters. The summed E-state index contributed by atoms with van der Waals surface area (Å²) in [7, 11) is 0. The summed E-state index contributed by atoms with van der Waals surface area (Å²) in [5.41, 5.74) is 4.88. The molecule has 3 heterocycles. The highest BCUT2D eigenvalue weighted by Gasteiger charge is 2.35. The van der Waals surface area contributed by atoms with Gasteiger partial charge in [-0.1, -0.05) is 17.7 Å². The molecule has 156 valence electrons. The fourth-order valence-electron chi connectivity index (χ4n) is 3.59. The second-order valence-electron chi connectivity index (χ2n) is 7.26. The maximum absolute atomic E-state index is 13.3. The smallest absolute Gasteiger partial charge is 0.270 e. The van der Waals surface area contributed by atoms with Crippen molar-refractivity contribution in [1.29, 1.82) is 0 Å². The van der Waals surface area contributed by atoms with Crippen molar-refractivity contribution in [3.05, 3.63) is 81.9 Å². The predicted octanol–water partition coefficient (Wildman–Crippen LogP) is 4.28. The highest BCUT2D eigenvalue weighted by Crippen LogP contribution is 2.28. The number of nitrogens with zero attached hydrogens (tertiary/aromatic N) is 3. The SMILES string of the molecule is Cc1ccc(N2C(=O)/C(=C/c3cc(C)n(-c4cccnc4)c3C)C(=O)NC2=S)cc1Cl. The van der Waals surface area contributed by atoms with Crippen LogP contribution in [0.15, 0.2) is 54.4 Å². The van der Waals surface area contributed by atoms with E-state index in [1.165, 1.54) is 4.90 Å². The lowest BCUT2D eigenvalue weighted by Crippen LogP contribution is -2.54. The molecule has 8 heteroatoms. The minimum absolute atomic E-state index is 0.00302. The number of hydrogen-bond donors (Lipinski definition) is 1. The summed E-state index contributed by atoms with van der Waals surface area (Å²) in [6, 6.07) is 10.9. The normalized spacial score (nSPS) is 15.5. The summed E-state index contributed by atoms with van der Waals surface area (Å²) < 4.78 is 2.02. The molecular weight excluding hydrogens is 432 g/mol. The molecule has 0 bridgehead atoms. The third-order valence-corrected chi connectivity index (χ3v) is 5.88. The Morgan fingerprint density at radius 3 is 2.55 bits per heavy atom. The number of rotatable bonds is 3. The van der Waals surface area contributed by atoms with Crippen LogP contribution in [-0.2, 0) is 9.59 Å². The Bertz CT molecular complexity index is 1260. The molecule has 0 radical (unpaired) electrons. The number of thiocarbonyl (C=S) groups is 1. The highest BCUT2D eigenvalue weighted by molar-refractivity contribution is 7.80. The number of halogens is 1. The van der Waals surface area contributed by atoms with Gasteiger partial charge in [-0.15, -0.1) is 0 Å². The highest BCUT2D eigenvalue weighted by atomic mass is 35.5. The minimum Gasteiger partial charge on any atom is -0.316 e. The van der Waals surface area contributed by atoms with Crippen LogP contribution in [0.5, 0.6) is 0 Å². The summed E-state index contributed by atoms with van der Waals surface area (Å²) in [5, 5.41) is 3.14. The topological polar surface area (TPSA) is 67.2 Å². The Hall–Kier alpha value is -3.29. The van der Waals surface area contributed by atoms with Crippen LogP contribution in [0.1, 0.15) is 22.5 Å². The van der Waals surface area contributed by atoms with E-state index < -0.39 is 11.8 Å². The molecule has 4 rings (SSSR count). The van der Waals surface area contributed by atoms with E-state index in [4.69, 9.17) is 23.8 Å². The molecule has 1 N–H and O–H groups in total. The third kappa shape index (κ3) is 3.78. The number of aryl methyl sites for hydroxylation is 2. The average Bonchev–Trinajstić information content (AvgIpc) is 3.01. The fourth-order valence-corrected chi connectivity index (χ4v) is 4.04. The molecule has 2 aromatic heterocycles. The zero-order chi connectivity index (χ0) is 22.3. The monoisotopic (exact) mass is 450 g/mol. The zero-order valence-electron chi connectivity index (χ0n) is 17.1. The van der Waals surface area contributed by atoms with Gasteiger partial charge in [0.25, 0.3) is 11.8 Å². The zero-order valence-corrected chi connectivity index (χ0v) is 18.7. The second kappa shape index (κ2) is 8.09. The summed E-state index contributed by atoms with van der Waals surface area (Å²) in [6.07, 6.45) is 5.06. The van der Waals surface area contributed by atoms with E-state index in [2.05, 4.69) is 10.3 Å².